The van der Waals surface area contributed by atoms with E-state index >= 15 is 0 Å². The molecule has 20 nitrogen and oxygen atoms in total. The van der Waals surface area contributed by atoms with Crippen LogP contribution in [0.4, 0.5) is 48.5 Å². The zero-order valence-electron chi connectivity index (χ0n) is 71.2. The molecule has 23 heteroatoms. The molecule has 9 N–H and O–H groups in total. The van der Waals surface area contributed by atoms with Gasteiger partial charge in [-0.05, 0) is 312 Å². The van der Waals surface area contributed by atoms with E-state index in [4.69, 9.17) is 65.3 Å². The summed E-state index contributed by atoms with van der Waals surface area (Å²) >= 11 is 16.7. The summed E-state index contributed by atoms with van der Waals surface area (Å²) in [7, 11) is 0. The minimum atomic E-state index is -0.640. The number of aldehydes is 1. The summed E-state index contributed by atoms with van der Waals surface area (Å²) in [6.45, 7) is 30.0. The lowest BCUT2D eigenvalue weighted by molar-refractivity contribution is -0.106. The molecule has 4 aliphatic rings. The van der Waals surface area contributed by atoms with Gasteiger partial charge in [0.1, 0.15) is 23.1 Å². The number of likely N-dealkylation sites (tertiary alicyclic amines) is 2. The standard InChI is InChI=1S/C29H34N4O.C27H29ClN2O3.C17H20N2O2.C14H26N2O2.C8H6Cl2O.C2H4O.CH4/c30-26-11-10-25(23-4-2-1-3-5-23)20-27(26)32-28(34)24-8-6-22(7-9-24)21-33-18-14-29(15-19-33)12-16-31-17-13-29;1-5-30(25(31)21-13-11-19(18-28)12-14-21)24-17-22(20-9-7-6-8-10-20)15-16-23(24)29-26(32)33-27(2,3)4;1-17(2,3)21-16(20)19-15-10-9-13(11-14(15)18)12-7-5-4-6-8-12;1-13(2,3)18-12(17)16-10-6-14(7-11-16)4-8-15-9-5-14;9-5-6-1-3-7(4-2-6)8(10)11;1-2-3;/h1-11,20,31H,12-19,21,30H2,(H,32,34);6-17H,5,18H2,1-4H3,(H,29,32);4-11H,18H2,1-3H3,(H,19,20);15H,4-11H2,1-3H3;1-4H,5H2;2H,1H3;1H4. The molecule has 9 aromatic carbocycles. The molecule has 0 aromatic heterocycles. The minimum Gasteiger partial charge on any atom is -0.444 e. The Morgan fingerprint density at radius 2 is 0.843 bits per heavy atom. The predicted molar refractivity (Wildman–Crippen MR) is 497 cm³/mol. The number of rotatable bonds is 15. The zero-order valence-corrected chi connectivity index (χ0v) is 73.5. The highest BCUT2D eigenvalue weighted by Gasteiger charge is 2.39. The molecule has 5 amide bonds. The molecule has 4 saturated heterocycles. The molecule has 646 valence electrons. The third kappa shape index (κ3) is 31.7. The molecule has 9 aromatic rings. The van der Waals surface area contributed by atoms with Crippen LogP contribution in [0, 0.1) is 10.8 Å². The number of nitrogen functional groups attached to an aromatic ring is 2. The molecule has 0 radical (unpaired) electrons. The van der Waals surface area contributed by atoms with Gasteiger partial charge < -0.3 is 56.2 Å². The zero-order chi connectivity index (χ0) is 87.1. The second-order valence-electron chi connectivity index (χ2n) is 33.3. The first kappa shape index (κ1) is 97.5. The van der Waals surface area contributed by atoms with E-state index in [-0.39, 0.29) is 30.9 Å². The molecule has 0 atom stereocenters. The number of nitrogens with zero attached hydrogens (tertiary/aromatic N) is 3. The van der Waals surface area contributed by atoms with Gasteiger partial charge in [-0.15, -0.1) is 23.2 Å². The maximum atomic E-state index is 13.4. The van der Waals surface area contributed by atoms with Crippen molar-refractivity contribution >= 4 is 111 Å². The molecule has 0 bridgehead atoms. The second-order valence-corrected chi connectivity index (χ2v) is 34.2. The second kappa shape index (κ2) is 47.0. The maximum Gasteiger partial charge on any atom is 0.412 e. The van der Waals surface area contributed by atoms with Gasteiger partial charge in [0.25, 0.3) is 17.1 Å². The van der Waals surface area contributed by atoms with Gasteiger partial charge >= 0.3 is 18.3 Å². The normalized spacial score (nSPS) is 14.5. The van der Waals surface area contributed by atoms with Crippen LogP contribution in [0.2, 0.25) is 0 Å². The summed E-state index contributed by atoms with van der Waals surface area (Å²) in [5, 5.41) is 14.9. The van der Waals surface area contributed by atoms with E-state index in [1.54, 1.807) is 74.2 Å². The topological polar surface area (TPSA) is 269 Å². The molecule has 0 aliphatic carbocycles. The van der Waals surface area contributed by atoms with Gasteiger partial charge in [-0.2, -0.15) is 0 Å². The molecular weight excluding hydrogens is 1580 g/mol. The third-order valence-corrected chi connectivity index (χ3v) is 21.7. The minimum absolute atomic E-state index is 0. The first-order chi connectivity index (χ1) is 57.2. The van der Waals surface area contributed by atoms with Crippen molar-refractivity contribution < 1.29 is 47.8 Å². The summed E-state index contributed by atoms with van der Waals surface area (Å²) in [6.07, 6.45) is 9.55. The monoisotopic (exact) mass is 1700 g/mol. The lowest BCUT2D eigenvalue weighted by atomic mass is 9.71. The number of nitrogens with one attached hydrogen (secondary N) is 5. The number of carbonyl (C=O) groups is 7. The van der Waals surface area contributed by atoms with Crippen molar-refractivity contribution in [1.29, 1.82) is 0 Å². The Labute approximate surface area is 731 Å². The number of piperidine rings is 4. The van der Waals surface area contributed by atoms with Gasteiger partial charge in [-0.25, -0.2) is 14.4 Å². The Kier molecular flexibility index (Phi) is 37.9. The van der Waals surface area contributed by atoms with Crippen LogP contribution in [0.1, 0.15) is 183 Å². The summed E-state index contributed by atoms with van der Waals surface area (Å²) < 4.78 is 16.1. The number of hydrogen-bond donors (Lipinski definition) is 7. The van der Waals surface area contributed by atoms with E-state index in [1.807, 2.05) is 211 Å². The highest BCUT2D eigenvalue weighted by atomic mass is 35.5. The van der Waals surface area contributed by atoms with E-state index in [9.17, 15) is 28.8 Å². The molecule has 4 heterocycles. The Bertz CT molecular complexity index is 4760. The fraction of sp³-hybridized carbons (Fsp3) is 0.378. The number of nitrogens with two attached hydrogens (primary N) is 2. The average Bonchev–Trinajstić information content (AvgIpc) is 0.874. The van der Waals surface area contributed by atoms with Crippen molar-refractivity contribution in [2.75, 3.05) is 91.2 Å². The summed E-state index contributed by atoms with van der Waals surface area (Å²) in [5.41, 5.74) is 26.0. The summed E-state index contributed by atoms with van der Waals surface area (Å²) in [5.74, 6) is 0.525. The van der Waals surface area contributed by atoms with Gasteiger partial charge in [0.15, 0.2) is 0 Å². The quantitative estimate of drug-likeness (QED) is 0.0165. The lowest BCUT2D eigenvalue weighted by Crippen LogP contribution is -2.48. The fourth-order valence-corrected chi connectivity index (χ4v) is 14.8. The highest BCUT2D eigenvalue weighted by molar-refractivity contribution is 6.67. The van der Waals surface area contributed by atoms with Crippen LogP contribution in [0.5, 0.6) is 0 Å². The first-order valence-corrected chi connectivity index (χ1v) is 42.5. The highest BCUT2D eigenvalue weighted by Crippen LogP contribution is 2.42. The summed E-state index contributed by atoms with van der Waals surface area (Å²) in [4.78, 5) is 88.0. The van der Waals surface area contributed by atoms with E-state index in [1.165, 1.54) is 77.2 Å². The van der Waals surface area contributed by atoms with Crippen LogP contribution >= 0.6 is 34.8 Å². The van der Waals surface area contributed by atoms with Gasteiger partial charge in [0.2, 0.25) is 0 Å². The average molecular weight is 1710 g/mol. The Balaban J connectivity index is 0.000000215. The number of alkyl halides is 2. The van der Waals surface area contributed by atoms with Crippen LogP contribution in [0.25, 0.3) is 33.4 Å². The number of amides is 5. The molecule has 2 spiro atoms. The Hall–Kier alpha value is -10.6. The smallest absolute Gasteiger partial charge is 0.412 e. The number of anilines is 6. The van der Waals surface area contributed by atoms with E-state index in [0.717, 1.165) is 96.4 Å². The first-order valence-electron chi connectivity index (χ1n) is 41.1. The Morgan fingerprint density at radius 3 is 1.26 bits per heavy atom. The molecule has 0 unspecified atom stereocenters. The van der Waals surface area contributed by atoms with Crippen molar-refractivity contribution in [3.05, 3.63) is 252 Å². The van der Waals surface area contributed by atoms with E-state index < -0.39 is 28.6 Å². The fourth-order valence-electron chi connectivity index (χ4n) is 14.3. The van der Waals surface area contributed by atoms with Crippen molar-refractivity contribution in [3.8, 4) is 33.4 Å². The van der Waals surface area contributed by atoms with Crippen LogP contribution in [0.15, 0.2) is 218 Å². The summed E-state index contributed by atoms with van der Waals surface area (Å²) in [6, 6.07) is 68.9. The van der Waals surface area contributed by atoms with Crippen LogP contribution < -0.4 is 43.0 Å². The molecule has 4 fully saturated rings. The van der Waals surface area contributed by atoms with E-state index in [0.29, 0.717) is 79.9 Å². The van der Waals surface area contributed by atoms with Crippen LogP contribution in [0.3, 0.4) is 0 Å². The van der Waals surface area contributed by atoms with Crippen molar-refractivity contribution in [2.45, 2.75) is 170 Å². The third-order valence-electron chi connectivity index (χ3n) is 20.8. The van der Waals surface area contributed by atoms with Crippen molar-refractivity contribution in [2.24, 2.45) is 10.8 Å². The molecule has 13 rings (SSSR count). The van der Waals surface area contributed by atoms with Gasteiger partial charge in [-0.3, -0.25) is 29.9 Å². The number of carbonyl (C=O) groups excluding carboxylic acids is 7. The number of benzene rings is 9. The Morgan fingerprint density at radius 1 is 0.455 bits per heavy atom. The van der Waals surface area contributed by atoms with Gasteiger partial charge in [-0.1, -0.05) is 153 Å². The van der Waals surface area contributed by atoms with Gasteiger partial charge in [0.05, 0.1) is 34.1 Å². The van der Waals surface area contributed by atoms with Crippen LogP contribution in [-0.4, -0.2) is 127 Å². The maximum absolute atomic E-state index is 13.4. The van der Waals surface area contributed by atoms with Crippen LogP contribution in [-0.2, 0) is 37.3 Å². The molecule has 121 heavy (non-hydrogen) atoms. The molecule has 4 aliphatic heterocycles. The largest absolute Gasteiger partial charge is 0.444 e. The molecular formula is C98H123Cl3N10O10. The number of ether oxygens (including phenoxy) is 3. The van der Waals surface area contributed by atoms with Gasteiger partial charge in [0, 0.05) is 54.6 Å². The molecule has 0 saturated carbocycles. The number of hydrogen-bond acceptors (Lipinski definition) is 15. The SMILES string of the molecule is C.CC(C)(C)OC(=O)N1CCC2(CCNCC2)CC1.CC(C)(C)OC(=O)Nc1ccc(-c2ccccc2)cc1N.CC=O.CCN(C(=O)c1ccc(CCl)cc1)c1cc(-c2ccccc2)ccc1NC(=O)OC(C)(C)C.Nc1ccc(-c2ccccc2)cc1NC(=O)c1ccc(CN2CCC3(CCNCC3)CC2)cc1.O=C(Cl)c1ccc(CCl)cc1. The number of halogens is 3. The lowest BCUT2D eigenvalue weighted by Gasteiger charge is -2.44. The predicted octanol–water partition coefficient (Wildman–Crippen LogP) is 22.6. The van der Waals surface area contributed by atoms with Crippen molar-refractivity contribution in [3.63, 3.8) is 0 Å². The van der Waals surface area contributed by atoms with Crippen molar-refractivity contribution in [1.82, 2.24) is 20.4 Å². The van der Waals surface area contributed by atoms with E-state index in [2.05, 4.69) is 43.6 Å².